The number of para-hydroxylation sites is 1. The van der Waals surface area contributed by atoms with E-state index in [0.29, 0.717) is 15.7 Å². The van der Waals surface area contributed by atoms with Gasteiger partial charge < -0.3 is 0 Å². The molecule has 134 valence electrons. The summed E-state index contributed by atoms with van der Waals surface area (Å²) in [5.41, 5.74) is 1.78. The van der Waals surface area contributed by atoms with Crippen molar-refractivity contribution < 1.29 is 13.2 Å². The summed E-state index contributed by atoms with van der Waals surface area (Å²) in [5.74, 6) is -0.382. The molecule has 2 N–H and O–H groups in total. The predicted molar refractivity (Wildman–Crippen MR) is 104 cm³/mol. The maximum absolute atomic E-state index is 12.4. The fraction of sp³-hybridized carbons (Fsp3) is 0.0625. The number of rotatable bonds is 5. The molecule has 0 saturated carbocycles. The number of sulfonamides is 1. The Bertz CT molecular complexity index is 1070. The van der Waals surface area contributed by atoms with Crippen molar-refractivity contribution in [2.24, 2.45) is 0 Å². The Morgan fingerprint density at radius 3 is 2.62 bits per heavy atom. The molecule has 0 saturated heterocycles. The molecule has 3 rings (SSSR count). The van der Waals surface area contributed by atoms with E-state index in [1.54, 1.807) is 42.5 Å². The van der Waals surface area contributed by atoms with Gasteiger partial charge in [-0.05, 0) is 47.1 Å². The molecular formula is C16H13BrN4O3S2. The fourth-order valence-corrected chi connectivity index (χ4v) is 4.55. The summed E-state index contributed by atoms with van der Waals surface area (Å²) in [4.78, 5) is 12.2. The van der Waals surface area contributed by atoms with Gasteiger partial charge in [0.15, 0.2) is 0 Å². The topological polar surface area (TPSA) is 101 Å². The summed E-state index contributed by atoms with van der Waals surface area (Å²) in [6.45, 7) is 1.87. The molecule has 0 fully saturated rings. The molecule has 0 spiro atoms. The van der Waals surface area contributed by atoms with Crippen molar-refractivity contribution in [2.75, 3.05) is 10.0 Å². The van der Waals surface area contributed by atoms with Crippen LogP contribution >= 0.6 is 27.3 Å². The van der Waals surface area contributed by atoms with Crippen molar-refractivity contribution >= 4 is 54.0 Å². The normalized spacial score (nSPS) is 11.2. The summed E-state index contributed by atoms with van der Waals surface area (Å²) in [6.07, 6.45) is 0. The van der Waals surface area contributed by atoms with Crippen LogP contribution in [-0.2, 0) is 10.0 Å². The molecule has 0 aliphatic rings. The third-order valence-corrected chi connectivity index (χ3v) is 6.52. The number of aryl methyl sites for hydroxylation is 1. The van der Waals surface area contributed by atoms with Gasteiger partial charge in [0.1, 0.15) is 0 Å². The predicted octanol–water partition coefficient (Wildman–Crippen LogP) is 3.66. The van der Waals surface area contributed by atoms with E-state index >= 15 is 0 Å². The van der Waals surface area contributed by atoms with Crippen molar-refractivity contribution in [3.8, 4) is 0 Å². The quantitative estimate of drug-likeness (QED) is 0.575. The number of nitrogens with one attached hydrogen (secondary N) is 2. The number of carbonyl (C=O) groups excluding carboxylic acids is 1. The van der Waals surface area contributed by atoms with Gasteiger partial charge in [0.05, 0.1) is 5.69 Å². The van der Waals surface area contributed by atoms with E-state index in [4.69, 9.17) is 0 Å². The summed E-state index contributed by atoms with van der Waals surface area (Å²) in [7, 11) is -3.91. The second-order valence-electron chi connectivity index (χ2n) is 5.28. The first-order valence-corrected chi connectivity index (χ1v) is 10.4. The second kappa shape index (κ2) is 7.52. The van der Waals surface area contributed by atoms with Gasteiger partial charge in [-0.15, -0.1) is 10.2 Å². The lowest BCUT2D eigenvalue weighted by molar-refractivity contribution is 0.102. The average molecular weight is 453 g/mol. The maximum atomic E-state index is 12.4. The number of benzene rings is 2. The zero-order valence-electron chi connectivity index (χ0n) is 13.4. The Morgan fingerprint density at radius 1 is 1.12 bits per heavy atom. The highest BCUT2D eigenvalue weighted by Crippen LogP contribution is 2.27. The molecule has 3 aromatic rings. The van der Waals surface area contributed by atoms with Crippen LogP contribution in [0.2, 0.25) is 0 Å². The summed E-state index contributed by atoms with van der Waals surface area (Å²) >= 11 is 4.05. The molecule has 0 unspecified atom stereocenters. The average Bonchev–Trinajstić information content (AvgIpc) is 3.06. The first kappa shape index (κ1) is 18.5. The van der Waals surface area contributed by atoms with E-state index in [1.165, 1.54) is 0 Å². The van der Waals surface area contributed by atoms with Crippen molar-refractivity contribution in [1.29, 1.82) is 0 Å². The largest absolute Gasteiger partial charge is 0.296 e. The standard InChI is InChI=1S/C16H13BrN4O3S2/c1-10-5-4-6-11(9-10)14(22)18-15-19-20-16(25-15)26(23,24)21-13-8-3-2-7-12(13)17/h2-9,21H,1H3,(H,18,19,22). The van der Waals surface area contributed by atoms with Crippen molar-refractivity contribution in [3.05, 3.63) is 64.1 Å². The first-order chi connectivity index (χ1) is 12.3. The van der Waals surface area contributed by atoms with E-state index in [2.05, 4.69) is 36.2 Å². The second-order valence-corrected chi connectivity index (χ2v) is 8.97. The molecule has 10 heteroatoms. The number of hydrogen-bond acceptors (Lipinski definition) is 6. The van der Waals surface area contributed by atoms with Crippen LogP contribution in [0.4, 0.5) is 10.8 Å². The van der Waals surface area contributed by atoms with Crippen LogP contribution in [-0.4, -0.2) is 24.5 Å². The zero-order chi connectivity index (χ0) is 18.7. The molecular weight excluding hydrogens is 440 g/mol. The third kappa shape index (κ3) is 4.26. The lowest BCUT2D eigenvalue weighted by Crippen LogP contribution is -2.13. The maximum Gasteiger partial charge on any atom is 0.291 e. The van der Waals surface area contributed by atoms with E-state index in [0.717, 1.165) is 16.9 Å². The molecule has 0 bridgehead atoms. The molecule has 2 aromatic carbocycles. The minimum Gasteiger partial charge on any atom is -0.296 e. The molecule has 7 nitrogen and oxygen atoms in total. The number of halogens is 1. The molecule has 0 aliphatic heterocycles. The van der Waals surface area contributed by atoms with Gasteiger partial charge in [-0.2, -0.15) is 8.42 Å². The number of hydrogen-bond donors (Lipinski definition) is 2. The molecule has 1 amide bonds. The van der Waals surface area contributed by atoms with Crippen LogP contribution in [0.3, 0.4) is 0 Å². The molecule has 26 heavy (non-hydrogen) atoms. The highest BCUT2D eigenvalue weighted by Gasteiger charge is 2.22. The molecule has 1 aromatic heterocycles. The number of nitrogens with zero attached hydrogens (tertiary/aromatic N) is 2. The van der Waals surface area contributed by atoms with Crippen molar-refractivity contribution in [1.82, 2.24) is 10.2 Å². The Kier molecular flexibility index (Phi) is 5.35. The lowest BCUT2D eigenvalue weighted by atomic mass is 10.1. The third-order valence-electron chi connectivity index (χ3n) is 3.26. The monoisotopic (exact) mass is 452 g/mol. The first-order valence-electron chi connectivity index (χ1n) is 7.34. The summed E-state index contributed by atoms with van der Waals surface area (Å²) in [5, 5.41) is 10.1. The van der Waals surface area contributed by atoms with Gasteiger partial charge in [-0.25, -0.2) is 0 Å². The minimum atomic E-state index is -3.91. The highest BCUT2D eigenvalue weighted by atomic mass is 79.9. The SMILES string of the molecule is Cc1cccc(C(=O)Nc2nnc(S(=O)(=O)Nc3ccccc3Br)s2)c1. The van der Waals surface area contributed by atoms with Crippen LogP contribution in [0, 0.1) is 6.92 Å². The Hall–Kier alpha value is -2.30. The van der Waals surface area contributed by atoms with Gasteiger partial charge in [0.25, 0.3) is 20.3 Å². The summed E-state index contributed by atoms with van der Waals surface area (Å²) < 4.78 is 27.6. The van der Waals surface area contributed by atoms with Crippen molar-refractivity contribution in [3.63, 3.8) is 0 Å². The van der Waals surface area contributed by atoms with Gasteiger partial charge in [0, 0.05) is 10.0 Å². The highest BCUT2D eigenvalue weighted by molar-refractivity contribution is 9.10. The molecule has 0 radical (unpaired) electrons. The number of amides is 1. The fourth-order valence-electron chi connectivity index (χ4n) is 2.06. The van der Waals surface area contributed by atoms with Crippen LogP contribution < -0.4 is 10.0 Å². The summed E-state index contributed by atoms with van der Waals surface area (Å²) in [6, 6.07) is 13.8. The van der Waals surface area contributed by atoms with Gasteiger partial charge >= 0.3 is 0 Å². The smallest absolute Gasteiger partial charge is 0.291 e. The van der Waals surface area contributed by atoms with Gasteiger partial charge in [-0.3, -0.25) is 14.8 Å². The van der Waals surface area contributed by atoms with Crippen LogP contribution in [0.5, 0.6) is 0 Å². The lowest BCUT2D eigenvalue weighted by Gasteiger charge is -2.06. The minimum absolute atomic E-state index is 0.101. The van der Waals surface area contributed by atoms with Gasteiger partial charge in [0.2, 0.25) is 5.13 Å². The molecule has 0 atom stereocenters. The number of aromatic nitrogens is 2. The van der Waals surface area contributed by atoms with Crippen LogP contribution in [0.25, 0.3) is 0 Å². The van der Waals surface area contributed by atoms with E-state index < -0.39 is 10.0 Å². The Balaban J connectivity index is 1.77. The molecule has 0 aliphatic carbocycles. The van der Waals surface area contributed by atoms with E-state index in [-0.39, 0.29) is 15.4 Å². The van der Waals surface area contributed by atoms with Crippen molar-refractivity contribution in [2.45, 2.75) is 11.3 Å². The number of carbonyl (C=O) groups is 1. The Morgan fingerprint density at radius 2 is 1.88 bits per heavy atom. The van der Waals surface area contributed by atoms with Crippen LogP contribution in [0.1, 0.15) is 15.9 Å². The Labute approximate surface area is 162 Å². The zero-order valence-corrected chi connectivity index (χ0v) is 16.7. The molecule has 1 heterocycles. The van der Waals surface area contributed by atoms with Gasteiger partial charge in [-0.1, -0.05) is 41.2 Å². The van der Waals surface area contributed by atoms with E-state index in [9.17, 15) is 13.2 Å². The number of anilines is 2. The van der Waals surface area contributed by atoms with Crippen LogP contribution in [0.15, 0.2) is 57.3 Å². The van der Waals surface area contributed by atoms with E-state index in [1.807, 2.05) is 13.0 Å².